The van der Waals surface area contributed by atoms with Crippen LogP contribution >= 0.6 is 0 Å². The summed E-state index contributed by atoms with van der Waals surface area (Å²) in [5.41, 5.74) is 1.26. The summed E-state index contributed by atoms with van der Waals surface area (Å²) in [5.74, 6) is -2.03. The number of carbonyl (C=O) groups is 2. The van der Waals surface area contributed by atoms with Gasteiger partial charge < -0.3 is 19.3 Å². The van der Waals surface area contributed by atoms with Gasteiger partial charge in [-0.3, -0.25) is 9.59 Å². The number of imidazole rings is 1. The molecule has 0 aliphatic carbocycles. The minimum Gasteiger partial charge on any atom is -0.497 e. The number of carboxylic acids is 1. The van der Waals surface area contributed by atoms with Crippen molar-refractivity contribution < 1.29 is 32.6 Å². The molecule has 1 amide bonds. The minimum absolute atomic E-state index is 0.0664. The summed E-state index contributed by atoms with van der Waals surface area (Å²) in [6.07, 6.45) is -4.64. The summed E-state index contributed by atoms with van der Waals surface area (Å²) in [5, 5.41) is 9.16. The molecular weight excluding hydrogens is 427 g/mol. The normalized spacial score (nSPS) is 11.5. The van der Waals surface area contributed by atoms with E-state index in [0.717, 1.165) is 4.57 Å². The number of carboxylic acid groups (broad SMARTS) is 1. The Morgan fingerprint density at radius 1 is 1.12 bits per heavy atom. The van der Waals surface area contributed by atoms with E-state index in [2.05, 4.69) is 4.98 Å². The van der Waals surface area contributed by atoms with Crippen LogP contribution in [-0.4, -0.2) is 45.1 Å². The van der Waals surface area contributed by atoms with Gasteiger partial charge in [0, 0.05) is 19.5 Å². The van der Waals surface area contributed by atoms with Gasteiger partial charge in [0.05, 0.1) is 18.1 Å². The molecule has 0 saturated carbocycles. The Balaban J connectivity index is 1.70. The first kappa shape index (κ1) is 23.1. The van der Waals surface area contributed by atoms with Crippen LogP contribution < -0.4 is 4.74 Å². The SMILES string of the molecule is COc1ccc(CN(CC(=O)O)C(=O)CCCn2c(C(F)(F)F)nc3ccccc32)cc1. The maximum Gasteiger partial charge on any atom is 0.449 e. The van der Waals surface area contributed by atoms with Gasteiger partial charge in [-0.2, -0.15) is 13.2 Å². The second-order valence-electron chi connectivity index (χ2n) is 7.17. The average molecular weight is 449 g/mol. The topological polar surface area (TPSA) is 84.7 Å². The Bertz CT molecular complexity index is 1090. The van der Waals surface area contributed by atoms with Crippen LogP contribution in [0.25, 0.3) is 11.0 Å². The molecule has 0 saturated heterocycles. The molecule has 10 heteroatoms. The Morgan fingerprint density at radius 2 is 1.81 bits per heavy atom. The largest absolute Gasteiger partial charge is 0.497 e. The van der Waals surface area contributed by atoms with Crippen molar-refractivity contribution in [2.45, 2.75) is 32.1 Å². The number of aliphatic carboxylic acids is 1. The number of fused-ring (bicyclic) bond motifs is 1. The fraction of sp³-hybridized carbons (Fsp3) is 0.318. The second-order valence-corrected chi connectivity index (χ2v) is 7.17. The van der Waals surface area contributed by atoms with E-state index < -0.39 is 30.4 Å². The lowest BCUT2D eigenvalue weighted by Gasteiger charge is -2.21. The van der Waals surface area contributed by atoms with Crippen molar-refractivity contribution in [2.24, 2.45) is 0 Å². The number of halogens is 3. The maximum atomic E-state index is 13.4. The molecule has 0 fully saturated rings. The van der Waals surface area contributed by atoms with Crippen molar-refractivity contribution in [1.82, 2.24) is 14.5 Å². The van der Waals surface area contributed by atoms with E-state index in [0.29, 0.717) is 16.8 Å². The van der Waals surface area contributed by atoms with Gasteiger partial charge in [-0.1, -0.05) is 24.3 Å². The fourth-order valence-electron chi connectivity index (χ4n) is 3.41. The molecule has 0 aliphatic heterocycles. The lowest BCUT2D eigenvalue weighted by molar-refractivity contribution is -0.147. The standard InChI is InChI=1S/C22H22F3N3O4/c1-32-16-10-8-15(9-11-16)13-27(14-20(30)31)19(29)7-4-12-28-18-6-3-2-5-17(18)26-21(28)22(23,24)25/h2-3,5-6,8-11H,4,7,12-14H2,1H3,(H,30,31). The van der Waals surface area contributed by atoms with Crippen molar-refractivity contribution in [3.05, 3.63) is 59.9 Å². The van der Waals surface area contributed by atoms with Crippen molar-refractivity contribution >= 4 is 22.9 Å². The van der Waals surface area contributed by atoms with Gasteiger partial charge >= 0.3 is 12.1 Å². The quantitative estimate of drug-likeness (QED) is 0.535. The number of hydrogen-bond acceptors (Lipinski definition) is 4. The number of aryl methyl sites for hydroxylation is 1. The molecule has 0 atom stereocenters. The van der Waals surface area contributed by atoms with Crippen LogP contribution in [0.2, 0.25) is 0 Å². The average Bonchev–Trinajstić information content (AvgIpc) is 3.13. The first-order chi connectivity index (χ1) is 15.2. The Morgan fingerprint density at radius 3 is 2.44 bits per heavy atom. The van der Waals surface area contributed by atoms with Crippen LogP contribution in [0, 0.1) is 0 Å². The van der Waals surface area contributed by atoms with Gasteiger partial charge in [0.25, 0.3) is 0 Å². The van der Waals surface area contributed by atoms with E-state index in [1.165, 1.54) is 18.1 Å². The molecule has 1 aromatic heterocycles. The van der Waals surface area contributed by atoms with E-state index in [1.54, 1.807) is 42.5 Å². The Hall–Kier alpha value is -3.56. The Kier molecular flexibility index (Phi) is 7.01. The number of ether oxygens (including phenoxy) is 1. The second kappa shape index (κ2) is 9.71. The zero-order chi connectivity index (χ0) is 23.3. The highest BCUT2D eigenvalue weighted by Crippen LogP contribution is 2.31. The number of carbonyl (C=O) groups excluding carboxylic acids is 1. The third kappa shape index (κ3) is 5.57. The molecular formula is C22H22F3N3O4. The van der Waals surface area contributed by atoms with Gasteiger partial charge in [-0.25, -0.2) is 4.98 Å². The number of para-hydroxylation sites is 2. The number of methoxy groups -OCH3 is 1. The predicted molar refractivity (Wildman–Crippen MR) is 110 cm³/mol. The van der Waals surface area contributed by atoms with Crippen LogP contribution in [0.1, 0.15) is 24.2 Å². The van der Waals surface area contributed by atoms with Crippen LogP contribution in [0.4, 0.5) is 13.2 Å². The molecule has 2 aromatic carbocycles. The minimum atomic E-state index is -4.63. The maximum absolute atomic E-state index is 13.4. The summed E-state index contributed by atoms with van der Waals surface area (Å²) in [6.45, 7) is -0.520. The molecule has 0 aliphatic rings. The zero-order valence-electron chi connectivity index (χ0n) is 17.3. The summed E-state index contributed by atoms with van der Waals surface area (Å²) in [6, 6.07) is 13.1. The lowest BCUT2D eigenvalue weighted by Crippen LogP contribution is -2.35. The van der Waals surface area contributed by atoms with Crippen LogP contribution in [-0.2, 0) is 28.9 Å². The number of rotatable bonds is 9. The monoisotopic (exact) mass is 449 g/mol. The first-order valence-electron chi connectivity index (χ1n) is 9.84. The van der Waals surface area contributed by atoms with Gasteiger partial charge in [0.2, 0.25) is 11.7 Å². The number of aromatic nitrogens is 2. The molecule has 0 bridgehead atoms. The number of hydrogen-bond donors (Lipinski definition) is 1. The number of amides is 1. The number of nitrogens with zero attached hydrogens (tertiary/aromatic N) is 3. The van der Waals surface area contributed by atoms with E-state index in [9.17, 15) is 22.8 Å². The molecule has 3 aromatic rings. The fourth-order valence-corrected chi connectivity index (χ4v) is 3.41. The molecule has 3 rings (SSSR count). The van der Waals surface area contributed by atoms with Gasteiger partial charge in [-0.05, 0) is 36.2 Å². The molecule has 0 spiro atoms. The van der Waals surface area contributed by atoms with Crippen molar-refractivity contribution in [3.63, 3.8) is 0 Å². The van der Waals surface area contributed by atoms with Crippen LogP contribution in [0.5, 0.6) is 5.75 Å². The lowest BCUT2D eigenvalue weighted by atomic mass is 10.2. The summed E-state index contributed by atoms with van der Waals surface area (Å²) >= 11 is 0. The third-order valence-corrected chi connectivity index (χ3v) is 4.89. The highest BCUT2D eigenvalue weighted by Gasteiger charge is 2.37. The zero-order valence-corrected chi connectivity index (χ0v) is 17.3. The van der Waals surface area contributed by atoms with Crippen LogP contribution in [0.15, 0.2) is 48.5 Å². The summed E-state index contributed by atoms with van der Waals surface area (Å²) in [4.78, 5) is 28.7. The summed E-state index contributed by atoms with van der Waals surface area (Å²) in [7, 11) is 1.52. The Labute approximate surface area is 182 Å². The molecule has 1 heterocycles. The highest BCUT2D eigenvalue weighted by atomic mass is 19.4. The van der Waals surface area contributed by atoms with E-state index in [1.807, 2.05) is 0 Å². The predicted octanol–water partition coefficient (Wildman–Crippen LogP) is 3.96. The van der Waals surface area contributed by atoms with Crippen molar-refractivity contribution in [3.8, 4) is 5.75 Å². The first-order valence-corrected chi connectivity index (χ1v) is 9.84. The third-order valence-electron chi connectivity index (χ3n) is 4.89. The number of benzene rings is 2. The van der Waals surface area contributed by atoms with Crippen molar-refractivity contribution in [1.29, 1.82) is 0 Å². The van der Waals surface area contributed by atoms with E-state index in [-0.39, 0.29) is 31.4 Å². The molecule has 0 radical (unpaired) electrons. The van der Waals surface area contributed by atoms with Crippen molar-refractivity contribution in [2.75, 3.05) is 13.7 Å². The number of alkyl halides is 3. The molecule has 32 heavy (non-hydrogen) atoms. The van der Waals surface area contributed by atoms with E-state index >= 15 is 0 Å². The van der Waals surface area contributed by atoms with E-state index in [4.69, 9.17) is 9.84 Å². The molecule has 1 N–H and O–H groups in total. The summed E-state index contributed by atoms with van der Waals surface area (Å²) < 4.78 is 46.3. The van der Waals surface area contributed by atoms with Gasteiger partial charge in [-0.15, -0.1) is 0 Å². The van der Waals surface area contributed by atoms with Gasteiger partial charge in [0.1, 0.15) is 12.3 Å². The molecule has 7 nitrogen and oxygen atoms in total. The van der Waals surface area contributed by atoms with Gasteiger partial charge in [0.15, 0.2) is 0 Å². The molecule has 0 unspecified atom stereocenters. The smallest absolute Gasteiger partial charge is 0.449 e. The van der Waals surface area contributed by atoms with Crippen LogP contribution in [0.3, 0.4) is 0 Å². The highest BCUT2D eigenvalue weighted by molar-refractivity contribution is 5.81. The molecule has 170 valence electrons.